The number of aromatic nitrogens is 1. The van der Waals surface area contributed by atoms with E-state index in [1.54, 1.807) is 6.92 Å². The van der Waals surface area contributed by atoms with E-state index in [2.05, 4.69) is 27.7 Å². The molecule has 0 radical (unpaired) electrons. The van der Waals surface area contributed by atoms with E-state index in [0.29, 0.717) is 0 Å². The highest BCUT2D eigenvalue weighted by Crippen LogP contribution is 2.31. The van der Waals surface area contributed by atoms with Gasteiger partial charge in [0.2, 0.25) is 0 Å². The van der Waals surface area contributed by atoms with E-state index in [0.717, 1.165) is 11.3 Å². The molecular formula is C13H21NO. The molecule has 0 aliphatic carbocycles. The van der Waals surface area contributed by atoms with Gasteiger partial charge in [0.1, 0.15) is 0 Å². The highest BCUT2D eigenvalue weighted by atomic mass is 16.1. The Balaban J connectivity index is 3.58. The van der Waals surface area contributed by atoms with Gasteiger partial charge < -0.3 is 4.57 Å². The van der Waals surface area contributed by atoms with Gasteiger partial charge in [-0.25, -0.2) is 0 Å². The molecule has 15 heavy (non-hydrogen) atoms. The molecule has 0 saturated heterocycles. The lowest BCUT2D eigenvalue weighted by Crippen LogP contribution is -2.18. The molecule has 1 aromatic rings. The van der Waals surface area contributed by atoms with Gasteiger partial charge >= 0.3 is 0 Å². The molecule has 0 fully saturated rings. The minimum absolute atomic E-state index is 0.0806. The fourth-order valence-corrected chi connectivity index (χ4v) is 2.54. The van der Waals surface area contributed by atoms with Gasteiger partial charge in [0, 0.05) is 25.1 Å². The number of carbonyl (C=O) groups is 1. The molecule has 84 valence electrons. The summed E-state index contributed by atoms with van der Waals surface area (Å²) in [4.78, 5) is 11.6. The zero-order valence-corrected chi connectivity index (χ0v) is 10.9. The highest BCUT2D eigenvalue weighted by molar-refractivity contribution is 5.94. The van der Waals surface area contributed by atoms with Crippen LogP contribution in [0.4, 0.5) is 0 Å². The van der Waals surface area contributed by atoms with Crippen molar-refractivity contribution in [3.05, 3.63) is 22.5 Å². The predicted molar refractivity (Wildman–Crippen MR) is 63.6 cm³/mol. The number of hydrogen-bond donors (Lipinski definition) is 0. The smallest absolute Gasteiger partial charge is 0.176 e. The SMILES string of the molecule is CC(=O)c1c(C)c(C)c(C(C)(C)C)n1C. The van der Waals surface area contributed by atoms with Crippen molar-refractivity contribution in [3.8, 4) is 0 Å². The topological polar surface area (TPSA) is 22.0 Å². The summed E-state index contributed by atoms with van der Waals surface area (Å²) in [5.74, 6) is 0.147. The van der Waals surface area contributed by atoms with Crippen LogP contribution in [0.3, 0.4) is 0 Å². The third kappa shape index (κ3) is 1.85. The lowest BCUT2D eigenvalue weighted by Gasteiger charge is -2.21. The van der Waals surface area contributed by atoms with Crippen LogP contribution in [0.15, 0.2) is 0 Å². The van der Waals surface area contributed by atoms with E-state index in [-0.39, 0.29) is 11.2 Å². The number of rotatable bonds is 1. The second-order valence-electron chi connectivity index (χ2n) is 5.31. The summed E-state index contributed by atoms with van der Waals surface area (Å²) in [7, 11) is 1.98. The van der Waals surface area contributed by atoms with Crippen LogP contribution in [-0.4, -0.2) is 10.4 Å². The van der Waals surface area contributed by atoms with Crippen molar-refractivity contribution in [1.82, 2.24) is 4.57 Å². The third-order valence-corrected chi connectivity index (χ3v) is 2.99. The zero-order valence-electron chi connectivity index (χ0n) is 10.9. The average Bonchev–Trinajstić information content (AvgIpc) is 2.21. The van der Waals surface area contributed by atoms with Gasteiger partial charge in [-0.05, 0) is 25.0 Å². The van der Waals surface area contributed by atoms with Crippen LogP contribution in [0.2, 0.25) is 0 Å². The molecule has 0 bridgehead atoms. The van der Waals surface area contributed by atoms with Crippen LogP contribution in [0, 0.1) is 13.8 Å². The van der Waals surface area contributed by atoms with Gasteiger partial charge in [-0.15, -0.1) is 0 Å². The van der Waals surface area contributed by atoms with Crippen LogP contribution < -0.4 is 0 Å². The molecule has 1 heterocycles. The minimum Gasteiger partial charge on any atom is -0.344 e. The first-order valence-corrected chi connectivity index (χ1v) is 5.35. The van der Waals surface area contributed by atoms with Gasteiger partial charge in [-0.2, -0.15) is 0 Å². The van der Waals surface area contributed by atoms with Crippen molar-refractivity contribution in [3.63, 3.8) is 0 Å². The first-order chi connectivity index (χ1) is 6.68. The number of nitrogens with zero attached hydrogens (tertiary/aromatic N) is 1. The molecule has 0 saturated carbocycles. The minimum atomic E-state index is 0.0806. The van der Waals surface area contributed by atoms with E-state index < -0.39 is 0 Å². The van der Waals surface area contributed by atoms with Crippen molar-refractivity contribution in [2.24, 2.45) is 7.05 Å². The van der Waals surface area contributed by atoms with Crippen molar-refractivity contribution >= 4 is 5.78 Å². The maximum absolute atomic E-state index is 11.6. The number of hydrogen-bond acceptors (Lipinski definition) is 1. The molecule has 2 nitrogen and oxygen atoms in total. The maximum Gasteiger partial charge on any atom is 0.176 e. The van der Waals surface area contributed by atoms with Gasteiger partial charge in [-0.3, -0.25) is 4.79 Å². The normalized spacial score (nSPS) is 11.9. The molecule has 2 heteroatoms. The largest absolute Gasteiger partial charge is 0.344 e. The fourth-order valence-electron chi connectivity index (χ4n) is 2.54. The summed E-state index contributed by atoms with van der Waals surface area (Å²) in [6.07, 6.45) is 0. The average molecular weight is 207 g/mol. The summed E-state index contributed by atoms with van der Waals surface area (Å²) < 4.78 is 2.05. The molecule has 0 spiro atoms. The van der Waals surface area contributed by atoms with Crippen molar-refractivity contribution in [2.45, 2.75) is 47.0 Å². The van der Waals surface area contributed by atoms with Crippen molar-refractivity contribution in [1.29, 1.82) is 0 Å². The first kappa shape index (κ1) is 12.0. The molecule has 1 aromatic heterocycles. The van der Waals surface area contributed by atoms with Crippen LogP contribution in [0.5, 0.6) is 0 Å². The van der Waals surface area contributed by atoms with Gasteiger partial charge in [0.05, 0.1) is 5.69 Å². The zero-order chi connectivity index (χ0) is 12.0. The van der Waals surface area contributed by atoms with Crippen LogP contribution in [0.25, 0.3) is 0 Å². The maximum atomic E-state index is 11.6. The Hall–Kier alpha value is -1.05. The second kappa shape index (κ2) is 3.51. The Bertz CT molecular complexity index is 405. The monoisotopic (exact) mass is 207 g/mol. The fraction of sp³-hybridized carbons (Fsp3) is 0.615. The lowest BCUT2D eigenvalue weighted by molar-refractivity contribution is 0.100. The Morgan fingerprint density at radius 3 is 1.80 bits per heavy atom. The van der Waals surface area contributed by atoms with Gasteiger partial charge in [0.25, 0.3) is 0 Å². The van der Waals surface area contributed by atoms with E-state index in [1.165, 1.54) is 11.3 Å². The predicted octanol–water partition coefficient (Wildman–Crippen LogP) is 3.14. The lowest BCUT2D eigenvalue weighted by atomic mass is 9.89. The Kier molecular flexibility index (Phi) is 2.81. The molecule has 0 N–H and O–H groups in total. The summed E-state index contributed by atoms with van der Waals surface area (Å²) in [5, 5.41) is 0. The third-order valence-electron chi connectivity index (χ3n) is 2.99. The number of Topliss-reactive ketones (excluding diaryl/α,β-unsaturated/α-hetero) is 1. The van der Waals surface area contributed by atoms with Gasteiger partial charge in [-0.1, -0.05) is 20.8 Å². The molecular weight excluding hydrogens is 186 g/mol. The van der Waals surface area contributed by atoms with Crippen LogP contribution in [-0.2, 0) is 12.5 Å². The van der Waals surface area contributed by atoms with Crippen molar-refractivity contribution < 1.29 is 4.79 Å². The molecule has 0 aromatic carbocycles. The Morgan fingerprint density at radius 2 is 1.60 bits per heavy atom. The van der Waals surface area contributed by atoms with Gasteiger partial charge in [0.15, 0.2) is 5.78 Å². The molecule has 0 atom stereocenters. The molecule has 0 aliphatic rings. The Morgan fingerprint density at radius 1 is 1.13 bits per heavy atom. The van der Waals surface area contributed by atoms with Crippen LogP contribution >= 0.6 is 0 Å². The quantitative estimate of drug-likeness (QED) is 0.648. The number of carbonyl (C=O) groups excluding carboxylic acids is 1. The number of ketones is 1. The molecule has 0 aliphatic heterocycles. The summed E-state index contributed by atoms with van der Waals surface area (Å²) in [6, 6.07) is 0. The van der Waals surface area contributed by atoms with E-state index in [4.69, 9.17) is 0 Å². The molecule has 1 rings (SSSR count). The van der Waals surface area contributed by atoms with E-state index in [1.807, 2.05) is 18.5 Å². The summed E-state index contributed by atoms with van der Waals surface area (Å²) in [6.45, 7) is 12.3. The molecule has 0 unspecified atom stereocenters. The van der Waals surface area contributed by atoms with Crippen molar-refractivity contribution in [2.75, 3.05) is 0 Å². The summed E-state index contributed by atoms with van der Waals surface area (Å²) >= 11 is 0. The Labute approximate surface area is 92.3 Å². The van der Waals surface area contributed by atoms with E-state index in [9.17, 15) is 4.79 Å². The standard InChI is InChI=1S/C13H21NO/c1-8-9(2)12(13(4,5)6)14(7)11(8)10(3)15/h1-7H3. The first-order valence-electron chi connectivity index (χ1n) is 5.35. The van der Waals surface area contributed by atoms with E-state index >= 15 is 0 Å². The summed E-state index contributed by atoms with van der Waals surface area (Å²) in [5.41, 5.74) is 4.55. The molecule has 0 amide bonds. The highest BCUT2D eigenvalue weighted by Gasteiger charge is 2.25. The van der Waals surface area contributed by atoms with Crippen LogP contribution in [0.1, 0.15) is 55.0 Å². The second-order valence-corrected chi connectivity index (χ2v) is 5.31.